The quantitative estimate of drug-likeness (QED) is 0.710. The summed E-state index contributed by atoms with van der Waals surface area (Å²) in [6.45, 7) is 2.16. The normalized spacial score (nSPS) is 19.3. The van der Waals surface area contributed by atoms with Crippen molar-refractivity contribution in [2.45, 2.75) is 18.9 Å². The second kappa shape index (κ2) is 4.02. The first kappa shape index (κ1) is 10.2. The highest BCUT2D eigenvalue weighted by molar-refractivity contribution is 5.30. The predicted octanol–water partition coefficient (Wildman–Crippen LogP) is 0.0922. The van der Waals surface area contributed by atoms with Crippen molar-refractivity contribution in [1.82, 2.24) is 14.5 Å². The van der Waals surface area contributed by atoms with Crippen molar-refractivity contribution >= 4 is 5.69 Å². The van der Waals surface area contributed by atoms with E-state index in [0.717, 1.165) is 25.9 Å². The van der Waals surface area contributed by atoms with Gasteiger partial charge in [-0.05, 0) is 33.0 Å². The van der Waals surface area contributed by atoms with Crippen LogP contribution in [0.5, 0.6) is 0 Å². The van der Waals surface area contributed by atoms with Gasteiger partial charge in [0.15, 0.2) is 0 Å². The van der Waals surface area contributed by atoms with Gasteiger partial charge in [-0.2, -0.15) is 4.98 Å². The maximum absolute atomic E-state index is 11.0. The number of hydrogen-bond acceptors (Lipinski definition) is 4. The first-order valence-corrected chi connectivity index (χ1v) is 5.18. The molecule has 1 aromatic rings. The Labute approximate surface area is 88.5 Å². The average molecular weight is 208 g/mol. The zero-order chi connectivity index (χ0) is 10.8. The van der Waals surface area contributed by atoms with Crippen LogP contribution < -0.4 is 11.3 Å². The molecule has 2 N–H and O–H groups in total. The molecule has 1 saturated heterocycles. The van der Waals surface area contributed by atoms with Gasteiger partial charge in [0.05, 0.1) is 6.33 Å². The van der Waals surface area contributed by atoms with Crippen molar-refractivity contribution in [3.05, 3.63) is 22.9 Å². The minimum absolute atomic E-state index is 0.233. The molecular weight excluding hydrogens is 192 g/mol. The molecule has 1 aromatic heterocycles. The fourth-order valence-electron chi connectivity index (χ4n) is 1.94. The number of piperidine rings is 1. The van der Waals surface area contributed by atoms with Crippen LogP contribution in [0.2, 0.25) is 0 Å². The van der Waals surface area contributed by atoms with Crippen LogP contribution in [0.25, 0.3) is 0 Å². The fraction of sp³-hybridized carbons (Fsp3) is 0.600. The molecule has 0 spiro atoms. The summed E-state index contributed by atoms with van der Waals surface area (Å²) in [6.07, 6.45) is 5.46. The van der Waals surface area contributed by atoms with E-state index >= 15 is 0 Å². The molecule has 0 bridgehead atoms. The summed E-state index contributed by atoms with van der Waals surface area (Å²) in [5.41, 5.74) is 5.45. The van der Waals surface area contributed by atoms with Gasteiger partial charge in [0.2, 0.25) is 0 Å². The zero-order valence-electron chi connectivity index (χ0n) is 8.89. The predicted molar refractivity (Wildman–Crippen MR) is 58.7 cm³/mol. The van der Waals surface area contributed by atoms with Crippen LogP contribution in [0.3, 0.4) is 0 Å². The molecule has 0 aromatic carbocycles. The molecule has 0 unspecified atom stereocenters. The molecule has 5 nitrogen and oxygen atoms in total. The van der Waals surface area contributed by atoms with Crippen molar-refractivity contribution < 1.29 is 0 Å². The molecule has 1 aliphatic rings. The first-order chi connectivity index (χ1) is 7.16. The van der Waals surface area contributed by atoms with Gasteiger partial charge >= 0.3 is 0 Å². The SMILES string of the molecule is CN1CCC(n2cnc(=O)c(N)c2)CC1. The van der Waals surface area contributed by atoms with Gasteiger partial charge in [-0.3, -0.25) is 4.79 Å². The van der Waals surface area contributed by atoms with Gasteiger partial charge in [0.25, 0.3) is 5.56 Å². The topological polar surface area (TPSA) is 64.2 Å². The van der Waals surface area contributed by atoms with Crippen LogP contribution >= 0.6 is 0 Å². The van der Waals surface area contributed by atoms with Gasteiger partial charge in [0, 0.05) is 12.2 Å². The summed E-state index contributed by atoms with van der Waals surface area (Å²) in [4.78, 5) is 17.1. The first-order valence-electron chi connectivity index (χ1n) is 5.18. The third-order valence-electron chi connectivity index (χ3n) is 2.95. The Bertz CT molecular complexity index is 393. The molecule has 5 heteroatoms. The largest absolute Gasteiger partial charge is 0.393 e. The molecular formula is C10H16N4O. The molecule has 1 fully saturated rings. The van der Waals surface area contributed by atoms with Crippen LogP contribution in [0.1, 0.15) is 18.9 Å². The molecule has 0 amide bonds. The maximum atomic E-state index is 11.0. The highest BCUT2D eigenvalue weighted by Crippen LogP contribution is 2.20. The fourth-order valence-corrected chi connectivity index (χ4v) is 1.94. The second-order valence-corrected chi connectivity index (χ2v) is 4.12. The zero-order valence-corrected chi connectivity index (χ0v) is 8.89. The van der Waals surface area contributed by atoms with Gasteiger partial charge < -0.3 is 15.2 Å². The second-order valence-electron chi connectivity index (χ2n) is 4.12. The number of rotatable bonds is 1. The Balaban J connectivity index is 2.16. The highest BCUT2D eigenvalue weighted by atomic mass is 16.1. The summed E-state index contributed by atoms with van der Waals surface area (Å²) in [5, 5.41) is 0. The van der Waals surface area contributed by atoms with Crippen LogP contribution in [0.4, 0.5) is 5.69 Å². The molecule has 82 valence electrons. The summed E-state index contributed by atoms with van der Waals surface area (Å²) in [5.74, 6) is 0. The van der Waals surface area contributed by atoms with Crippen LogP contribution in [-0.4, -0.2) is 34.6 Å². The van der Waals surface area contributed by atoms with Crippen molar-refractivity contribution in [2.24, 2.45) is 0 Å². The summed E-state index contributed by atoms with van der Waals surface area (Å²) >= 11 is 0. The molecule has 0 saturated carbocycles. The average Bonchev–Trinajstić information content (AvgIpc) is 2.23. The lowest BCUT2D eigenvalue weighted by atomic mass is 10.1. The van der Waals surface area contributed by atoms with Crippen LogP contribution in [-0.2, 0) is 0 Å². The smallest absolute Gasteiger partial charge is 0.295 e. The van der Waals surface area contributed by atoms with Gasteiger partial charge in [0.1, 0.15) is 5.69 Å². The molecule has 15 heavy (non-hydrogen) atoms. The van der Waals surface area contributed by atoms with Gasteiger partial charge in [-0.1, -0.05) is 0 Å². The molecule has 1 aliphatic heterocycles. The van der Waals surface area contributed by atoms with E-state index in [4.69, 9.17) is 5.73 Å². The molecule has 0 atom stereocenters. The Morgan fingerprint density at radius 1 is 1.47 bits per heavy atom. The van der Waals surface area contributed by atoms with E-state index in [1.165, 1.54) is 0 Å². The van der Waals surface area contributed by atoms with E-state index in [-0.39, 0.29) is 11.2 Å². The monoisotopic (exact) mass is 208 g/mol. The lowest BCUT2D eigenvalue weighted by Gasteiger charge is -2.30. The van der Waals surface area contributed by atoms with Crippen molar-refractivity contribution in [2.75, 3.05) is 25.9 Å². The Morgan fingerprint density at radius 3 is 2.73 bits per heavy atom. The Morgan fingerprint density at radius 2 is 2.13 bits per heavy atom. The number of nitrogens with two attached hydrogens (primary N) is 1. The van der Waals surface area contributed by atoms with Crippen LogP contribution in [0, 0.1) is 0 Å². The van der Waals surface area contributed by atoms with E-state index in [1.54, 1.807) is 12.5 Å². The number of aromatic nitrogens is 2. The van der Waals surface area contributed by atoms with Crippen LogP contribution in [0.15, 0.2) is 17.3 Å². The third kappa shape index (κ3) is 2.18. The van der Waals surface area contributed by atoms with E-state index < -0.39 is 0 Å². The van der Waals surface area contributed by atoms with E-state index in [2.05, 4.69) is 16.9 Å². The van der Waals surface area contributed by atoms with Gasteiger partial charge in [-0.25, -0.2) is 0 Å². The number of likely N-dealkylation sites (tertiary alicyclic amines) is 1. The summed E-state index contributed by atoms with van der Waals surface area (Å²) in [7, 11) is 2.12. The van der Waals surface area contributed by atoms with Crippen molar-refractivity contribution in [3.63, 3.8) is 0 Å². The van der Waals surface area contributed by atoms with Crippen molar-refractivity contribution in [1.29, 1.82) is 0 Å². The minimum atomic E-state index is -0.334. The van der Waals surface area contributed by atoms with E-state index in [0.29, 0.717) is 6.04 Å². The highest BCUT2D eigenvalue weighted by Gasteiger charge is 2.17. The van der Waals surface area contributed by atoms with Crippen molar-refractivity contribution in [3.8, 4) is 0 Å². The molecule has 0 aliphatic carbocycles. The van der Waals surface area contributed by atoms with Gasteiger partial charge in [-0.15, -0.1) is 0 Å². The molecule has 2 rings (SSSR count). The Kier molecular flexibility index (Phi) is 2.73. The summed E-state index contributed by atoms with van der Waals surface area (Å²) < 4.78 is 1.96. The number of hydrogen-bond donors (Lipinski definition) is 1. The molecule has 2 heterocycles. The maximum Gasteiger partial charge on any atom is 0.295 e. The Hall–Kier alpha value is -1.36. The number of nitrogen functional groups attached to an aromatic ring is 1. The van der Waals surface area contributed by atoms with E-state index in [9.17, 15) is 4.79 Å². The van der Waals surface area contributed by atoms with E-state index in [1.807, 2.05) is 4.57 Å². The number of anilines is 1. The lowest BCUT2D eigenvalue weighted by Crippen LogP contribution is -2.32. The minimum Gasteiger partial charge on any atom is -0.393 e. The number of nitrogens with zero attached hydrogens (tertiary/aromatic N) is 3. The molecule has 0 radical (unpaired) electrons. The summed E-state index contributed by atoms with van der Waals surface area (Å²) in [6, 6.07) is 0.427. The lowest BCUT2D eigenvalue weighted by molar-refractivity contribution is 0.220. The standard InChI is InChI=1S/C10H16N4O/c1-13-4-2-8(3-5-13)14-6-9(11)10(15)12-7-14/h6-8H,2-5,11H2,1H3. The third-order valence-corrected chi connectivity index (χ3v) is 2.95.